The first-order valence-electron chi connectivity index (χ1n) is 3.72. The van der Waals surface area contributed by atoms with Crippen molar-refractivity contribution in [2.24, 2.45) is 0 Å². The van der Waals surface area contributed by atoms with Crippen LogP contribution in [0.25, 0.3) is 10.1 Å². The maximum absolute atomic E-state index is 13.0. The van der Waals surface area contributed by atoms with Crippen LogP contribution in [-0.4, -0.2) is 0 Å². The van der Waals surface area contributed by atoms with E-state index in [0.717, 1.165) is 23.5 Å². The predicted octanol–water partition coefficient (Wildman–Crippen LogP) is 4.06. The Kier molecular flexibility index (Phi) is 1.99. The van der Waals surface area contributed by atoms with Gasteiger partial charge in [0.25, 0.3) is 0 Å². The molecule has 0 aliphatic heterocycles. The Labute approximate surface area is 80.8 Å². The van der Waals surface area contributed by atoms with E-state index >= 15 is 0 Å². The van der Waals surface area contributed by atoms with Crippen LogP contribution in [0.15, 0.2) is 23.6 Å². The molecule has 0 saturated carbocycles. The number of fused-ring (bicyclic) bond motifs is 1. The molecule has 2 aromatic rings. The number of benzene rings is 1. The molecule has 14 heavy (non-hydrogen) atoms. The van der Waals surface area contributed by atoms with E-state index in [-0.39, 0.29) is 0 Å². The van der Waals surface area contributed by atoms with Crippen molar-refractivity contribution < 1.29 is 17.6 Å². The van der Waals surface area contributed by atoms with Gasteiger partial charge in [0.2, 0.25) is 0 Å². The Bertz CT molecular complexity index is 469. The Balaban J connectivity index is 2.71. The fourth-order valence-corrected chi connectivity index (χ4v) is 2.01. The average Bonchev–Trinajstić information content (AvgIpc) is 2.47. The van der Waals surface area contributed by atoms with Crippen LogP contribution in [0, 0.1) is 5.82 Å². The van der Waals surface area contributed by atoms with Crippen molar-refractivity contribution in [3.63, 3.8) is 0 Å². The van der Waals surface area contributed by atoms with Crippen LogP contribution in [0.4, 0.5) is 17.6 Å². The largest absolute Gasteiger partial charge is 0.419 e. The predicted molar refractivity (Wildman–Crippen MR) is 46.8 cm³/mol. The third-order valence-electron chi connectivity index (χ3n) is 1.85. The molecule has 5 heteroatoms. The molecule has 0 aliphatic carbocycles. The Morgan fingerprint density at radius 2 is 1.86 bits per heavy atom. The van der Waals surface area contributed by atoms with E-state index in [1.165, 1.54) is 0 Å². The molecule has 0 atom stereocenters. The van der Waals surface area contributed by atoms with Crippen molar-refractivity contribution in [2.45, 2.75) is 6.18 Å². The van der Waals surface area contributed by atoms with E-state index in [1.807, 2.05) is 0 Å². The summed E-state index contributed by atoms with van der Waals surface area (Å²) in [6.07, 6.45) is -4.62. The van der Waals surface area contributed by atoms with Crippen molar-refractivity contribution in [1.82, 2.24) is 0 Å². The molecule has 0 amide bonds. The zero-order valence-corrected chi connectivity index (χ0v) is 7.55. The molecule has 1 heterocycles. The second kappa shape index (κ2) is 2.95. The lowest BCUT2D eigenvalue weighted by molar-refractivity contribution is -0.139. The molecule has 0 aliphatic rings. The van der Waals surface area contributed by atoms with Crippen LogP contribution in [0.5, 0.6) is 0 Å². The summed E-state index contributed by atoms with van der Waals surface area (Å²) in [7, 11) is 0. The maximum atomic E-state index is 13.0. The number of alkyl halides is 3. The topological polar surface area (TPSA) is 0 Å². The van der Waals surface area contributed by atoms with Crippen molar-refractivity contribution in [1.29, 1.82) is 0 Å². The highest BCUT2D eigenvalue weighted by Crippen LogP contribution is 2.35. The average molecular weight is 220 g/mol. The fourth-order valence-electron chi connectivity index (χ4n) is 1.20. The quantitative estimate of drug-likeness (QED) is 0.587. The van der Waals surface area contributed by atoms with Crippen LogP contribution in [0.1, 0.15) is 5.56 Å². The minimum Gasteiger partial charge on any atom is -0.206 e. The molecule has 1 aromatic heterocycles. The Hall–Kier alpha value is -1.10. The van der Waals surface area contributed by atoms with E-state index in [9.17, 15) is 17.6 Å². The number of hydrogen-bond acceptors (Lipinski definition) is 1. The van der Waals surface area contributed by atoms with Gasteiger partial charge in [-0.1, -0.05) is 0 Å². The molecule has 1 aromatic carbocycles. The van der Waals surface area contributed by atoms with Crippen molar-refractivity contribution in [3.05, 3.63) is 35.0 Å². The number of thiophene rings is 1. The van der Waals surface area contributed by atoms with E-state index in [2.05, 4.69) is 0 Å². The molecular formula is C9H4F4S. The number of hydrogen-bond donors (Lipinski definition) is 0. The van der Waals surface area contributed by atoms with Crippen molar-refractivity contribution >= 4 is 21.4 Å². The Morgan fingerprint density at radius 1 is 1.14 bits per heavy atom. The standard InChI is InChI=1S/C9H4F4S/c10-7-3-5-1-2-14-8(5)4-6(7)9(11,12)13/h1-4H. The summed E-state index contributed by atoms with van der Waals surface area (Å²) in [4.78, 5) is 0. The molecule has 74 valence electrons. The third kappa shape index (κ3) is 1.48. The highest BCUT2D eigenvalue weighted by atomic mass is 32.1. The minimum absolute atomic E-state index is 0.443. The zero-order chi connectivity index (χ0) is 10.3. The molecule has 0 unspecified atom stereocenters. The first kappa shape index (κ1) is 9.45. The summed E-state index contributed by atoms with van der Waals surface area (Å²) in [6, 6.07) is 3.34. The van der Waals surface area contributed by atoms with Gasteiger partial charge in [0.1, 0.15) is 5.82 Å². The lowest BCUT2D eigenvalue weighted by atomic mass is 10.1. The van der Waals surface area contributed by atoms with Gasteiger partial charge in [0.15, 0.2) is 0 Å². The van der Waals surface area contributed by atoms with Gasteiger partial charge < -0.3 is 0 Å². The van der Waals surface area contributed by atoms with E-state index < -0.39 is 17.6 Å². The molecule has 0 bridgehead atoms. The van der Waals surface area contributed by atoms with Gasteiger partial charge in [-0.3, -0.25) is 0 Å². The van der Waals surface area contributed by atoms with E-state index in [4.69, 9.17) is 0 Å². The number of halogens is 4. The molecule has 0 spiro atoms. The maximum Gasteiger partial charge on any atom is 0.419 e. The summed E-state index contributed by atoms with van der Waals surface area (Å²) in [5.41, 5.74) is -1.20. The molecular weight excluding hydrogens is 216 g/mol. The van der Waals surface area contributed by atoms with Gasteiger partial charge in [-0.25, -0.2) is 4.39 Å². The van der Waals surface area contributed by atoms with Gasteiger partial charge in [-0.05, 0) is 29.0 Å². The summed E-state index contributed by atoms with van der Waals surface area (Å²) >= 11 is 1.16. The second-order valence-electron chi connectivity index (χ2n) is 2.79. The highest BCUT2D eigenvalue weighted by molar-refractivity contribution is 7.17. The van der Waals surface area contributed by atoms with Crippen LogP contribution >= 0.6 is 11.3 Å². The van der Waals surface area contributed by atoms with Crippen LogP contribution in [-0.2, 0) is 6.18 Å². The van der Waals surface area contributed by atoms with Gasteiger partial charge >= 0.3 is 6.18 Å². The SMILES string of the molecule is Fc1cc2ccsc2cc1C(F)(F)F. The lowest BCUT2D eigenvalue weighted by Gasteiger charge is -2.07. The minimum atomic E-state index is -4.62. The Morgan fingerprint density at radius 3 is 2.50 bits per heavy atom. The van der Waals surface area contributed by atoms with Gasteiger partial charge in [-0.15, -0.1) is 11.3 Å². The van der Waals surface area contributed by atoms with Gasteiger partial charge in [0.05, 0.1) is 5.56 Å². The monoisotopic (exact) mass is 220 g/mol. The summed E-state index contributed by atoms with van der Waals surface area (Å²) in [5.74, 6) is -1.22. The normalized spacial score (nSPS) is 12.3. The second-order valence-corrected chi connectivity index (χ2v) is 3.74. The van der Waals surface area contributed by atoms with Crippen molar-refractivity contribution in [2.75, 3.05) is 0 Å². The van der Waals surface area contributed by atoms with Gasteiger partial charge in [-0.2, -0.15) is 13.2 Å². The van der Waals surface area contributed by atoms with Crippen molar-refractivity contribution in [3.8, 4) is 0 Å². The summed E-state index contributed by atoms with van der Waals surface area (Å²) < 4.78 is 50.2. The van der Waals surface area contributed by atoms with Crippen LogP contribution in [0.2, 0.25) is 0 Å². The zero-order valence-electron chi connectivity index (χ0n) is 6.73. The first-order valence-corrected chi connectivity index (χ1v) is 4.60. The summed E-state index contributed by atoms with van der Waals surface area (Å²) in [5, 5.41) is 2.13. The molecule has 0 saturated heterocycles. The third-order valence-corrected chi connectivity index (χ3v) is 2.73. The molecule has 0 nitrogen and oxygen atoms in total. The number of rotatable bonds is 0. The lowest BCUT2D eigenvalue weighted by Crippen LogP contribution is -2.07. The molecule has 2 rings (SSSR count). The van der Waals surface area contributed by atoms with E-state index in [1.54, 1.807) is 11.4 Å². The first-order chi connectivity index (χ1) is 6.48. The fraction of sp³-hybridized carbons (Fsp3) is 0.111. The molecule has 0 radical (unpaired) electrons. The molecule has 0 N–H and O–H groups in total. The van der Waals surface area contributed by atoms with Gasteiger partial charge in [0, 0.05) is 4.70 Å². The van der Waals surface area contributed by atoms with E-state index in [0.29, 0.717) is 10.1 Å². The molecule has 0 fully saturated rings. The summed E-state index contributed by atoms with van der Waals surface area (Å²) in [6.45, 7) is 0. The van der Waals surface area contributed by atoms with Crippen LogP contribution < -0.4 is 0 Å². The van der Waals surface area contributed by atoms with Crippen LogP contribution in [0.3, 0.4) is 0 Å². The highest BCUT2D eigenvalue weighted by Gasteiger charge is 2.34. The smallest absolute Gasteiger partial charge is 0.206 e.